The Labute approximate surface area is 59.1 Å². The molecule has 0 amide bonds. The van der Waals surface area contributed by atoms with E-state index in [-0.39, 0.29) is 6.29 Å². The van der Waals surface area contributed by atoms with E-state index >= 15 is 0 Å². The average Bonchev–Trinajstić information content (AvgIpc) is 2.34. The Balaban J connectivity index is 2.51. The summed E-state index contributed by atoms with van der Waals surface area (Å²) in [6.45, 7) is 0.564. The van der Waals surface area contributed by atoms with Crippen LogP contribution in [0.3, 0.4) is 0 Å². The first kappa shape index (κ1) is 5.89. The quantitative estimate of drug-likeness (QED) is 0.458. The Morgan fingerprint density at radius 2 is 2.10 bits per heavy atom. The van der Waals surface area contributed by atoms with Crippen LogP contribution in [-0.4, -0.2) is 4.74 Å². The van der Waals surface area contributed by atoms with Crippen molar-refractivity contribution >= 4 is 0 Å². The summed E-state index contributed by atoms with van der Waals surface area (Å²) in [7, 11) is 0. The van der Waals surface area contributed by atoms with Crippen molar-refractivity contribution in [3.05, 3.63) is 41.7 Å². The molecule has 1 aromatic rings. The van der Waals surface area contributed by atoms with Gasteiger partial charge in [-0.25, -0.2) is 0 Å². The summed E-state index contributed by atoms with van der Waals surface area (Å²) in [6.07, 6.45) is -0.0735. The summed E-state index contributed by atoms with van der Waals surface area (Å²) >= 11 is 0. The predicted octanol–water partition coefficient (Wildman–Crippen LogP) is -0.0739. The van der Waals surface area contributed by atoms with E-state index in [0.29, 0.717) is 6.61 Å². The highest BCUT2D eigenvalue weighted by molar-refractivity contribution is 5.35. The summed E-state index contributed by atoms with van der Waals surface area (Å²) in [6, 6.07) is 7.53. The molecule has 1 heterocycles. The molecule has 1 aromatic carbocycles. The molecule has 0 spiro atoms. The van der Waals surface area contributed by atoms with Gasteiger partial charge in [-0.05, 0) is 0 Å². The predicted molar refractivity (Wildman–Crippen MR) is 34.7 cm³/mol. The molecule has 2 nitrogen and oxygen atoms in total. The van der Waals surface area contributed by atoms with Gasteiger partial charge in [0.2, 0.25) is 0 Å². The fourth-order valence-electron chi connectivity index (χ4n) is 1.11. The van der Waals surface area contributed by atoms with Crippen molar-refractivity contribution in [3.8, 4) is 0 Å². The van der Waals surface area contributed by atoms with E-state index in [2.05, 4.69) is 4.74 Å². The summed E-state index contributed by atoms with van der Waals surface area (Å²) in [5.74, 6) is 0. The van der Waals surface area contributed by atoms with Crippen molar-refractivity contribution < 1.29 is 9.84 Å². The molecule has 10 heavy (non-hydrogen) atoms. The van der Waals surface area contributed by atoms with E-state index in [0.717, 1.165) is 11.1 Å². The Morgan fingerprint density at radius 3 is 2.90 bits per heavy atom. The summed E-state index contributed by atoms with van der Waals surface area (Å²) in [5, 5.41) is 10.9. The lowest BCUT2D eigenvalue weighted by atomic mass is 10.1. The van der Waals surface area contributed by atoms with Gasteiger partial charge >= 0.3 is 0 Å². The van der Waals surface area contributed by atoms with E-state index in [1.54, 1.807) is 0 Å². The molecule has 1 aliphatic heterocycles. The maximum atomic E-state index is 10.9. The van der Waals surface area contributed by atoms with Crippen LogP contribution in [0.1, 0.15) is 11.1 Å². The molecule has 2 heteroatoms. The fraction of sp³-hybridized carbons (Fsp3) is 0.125. The zero-order valence-corrected chi connectivity index (χ0v) is 5.37. The van der Waals surface area contributed by atoms with Crippen molar-refractivity contribution in [1.29, 1.82) is 0 Å². The standard InChI is InChI=1S/C8H7O2/c9-8-7-4-2-1-3-6(7)5-10-8/h1-4,10H,5H2. The first-order chi connectivity index (χ1) is 4.88. The van der Waals surface area contributed by atoms with Crippen LogP contribution in [0.2, 0.25) is 0 Å². The van der Waals surface area contributed by atoms with Crippen molar-refractivity contribution in [2.75, 3.05) is 0 Å². The molecule has 51 valence electrons. The third-order valence-electron chi connectivity index (χ3n) is 1.64. The molecule has 0 aromatic heterocycles. The van der Waals surface area contributed by atoms with Gasteiger partial charge in [0.15, 0.2) is 12.9 Å². The van der Waals surface area contributed by atoms with E-state index < -0.39 is 0 Å². The Hall–Kier alpha value is -0.860. The van der Waals surface area contributed by atoms with Crippen LogP contribution in [0, 0.1) is 6.29 Å². The highest BCUT2D eigenvalue weighted by Gasteiger charge is 2.19. The lowest BCUT2D eigenvalue weighted by Crippen LogP contribution is -2.17. The Morgan fingerprint density at radius 1 is 1.30 bits per heavy atom. The molecule has 2 rings (SSSR count). The number of hydrogen-bond acceptors (Lipinski definition) is 1. The minimum Gasteiger partial charge on any atom is -0.776 e. The molecule has 0 bridgehead atoms. The zero-order valence-electron chi connectivity index (χ0n) is 5.37. The number of fused-ring (bicyclic) bond motifs is 1. The minimum atomic E-state index is -0.0735. The molecular formula is C8H7O2. The van der Waals surface area contributed by atoms with Gasteiger partial charge in [0.05, 0.1) is 0 Å². The SMILES string of the molecule is [O-][C]1[OH+]Cc2ccccc21. The van der Waals surface area contributed by atoms with Crippen LogP contribution in [0.25, 0.3) is 0 Å². The van der Waals surface area contributed by atoms with Crippen LogP contribution in [0.15, 0.2) is 24.3 Å². The fourth-order valence-corrected chi connectivity index (χ4v) is 1.11. The van der Waals surface area contributed by atoms with Crippen LogP contribution in [-0.2, 0) is 6.61 Å². The maximum absolute atomic E-state index is 10.9. The molecule has 0 unspecified atom stereocenters. The molecule has 1 N–H and O–H groups in total. The van der Waals surface area contributed by atoms with Crippen LogP contribution in [0.4, 0.5) is 0 Å². The molecule has 0 fully saturated rings. The molecule has 0 aliphatic carbocycles. The highest BCUT2D eigenvalue weighted by Crippen LogP contribution is 2.22. The number of rotatable bonds is 0. The number of aliphatic hydroxyl groups is 2. The number of hydrogen-bond donors (Lipinski definition) is 0. The summed E-state index contributed by atoms with van der Waals surface area (Å²) in [4.78, 5) is 0. The Kier molecular flexibility index (Phi) is 1.22. The highest BCUT2D eigenvalue weighted by atomic mass is 16.6. The van der Waals surface area contributed by atoms with Crippen molar-refractivity contribution in [3.63, 3.8) is 0 Å². The van der Waals surface area contributed by atoms with Crippen LogP contribution < -0.4 is 5.11 Å². The first-order valence-electron chi connectivity index (χ1n) is 3.17. The molecule has 0 saturated heterocycles. The summed E-state index contributed by atoms with van der Waals surface area (Å²) < 4.78 is 3.77. The molecule has 1 radical (unpaired) electrons. The number of benzene rings is 1. The van der Waals surface area contributed by atoms with Gasteiger partial charge in [0, 0.05) is 11.1 Å². The van der Waals surface area contributed by atoms with Crippen LogP contribution in [0.5, 0.6) is 0 Å². The molecule has 0 atom stereocenters. The largest absolute Gasteiger partial charge is 0.776 e. The second-order valence-electron chi connectivity index (χ2n) is 2.28. The van der Waals surface area contributed by atoms with Crippen molar-refractivity contribution in [2.24, 2.45) is 0 Å². The van der Waals surface area contributed by atoms with Gasteiger partial charge in [-0.3, -0.25) is 0 Å². The van der Waals surface area contributed by atoms with Gasteiger partial charge in [-0.15, -0.1) is 0 Å². The second kappa shape index (κ2) is 2.08. The molecule has 1 aliphatic rings. The average molecular weight is 135 g/mol. The monoisotopic (exact) mass is 135 g/mol. The Bertz CT molecular complexity index is 245. The van der Waals surface area contributed by atoms with Crippen LogP contribution >= 0.6 is 0 Å². The van der Waals surface area contributed by atoms with Crippen molar-refractivity contribution in [2.45, 2.75) is 6.61 Å². The van der Waals surface area contributed by atoms with E-state index in [4.69, 9.17) is 0 Å². The normalized spacial score (nSPS) is 17.3. The van der Waals surface area contributed by atoms with Gasteiger partial charge in [0.1, 0.15) is 0 Å². The summed E-state index contributed by atoms with van der Waals surface area (Å²) in [5.41, 5.74) is 1.81. The third-order valence-corrected chi connectivity index (χ3v) is 1.64. The topological polar surface area (TPSA) is 35.9 Å². The van der Waals surface area contributed by atoms with Gasteiger partial charge < -0.3 is 9.84 Å². The molecular weight excluding hydrogens is 128 g/mol. The minimum absolute atomic E-state index is 0.0735. The maximum Gasteiger partial charge on any atom is 0.200 e. The van der Waals surface area contributed by atoms with E-state index in [1.807, 2.05) is 24.3 Å². The lowest BCUT2D eigenvalue weighted by Gasteiger charge is -2.06. The number of ether oxygens (including phenoxy) is 1. The van der Waals surface area contributed by atoms with Crippen molar-refractivity contribution in [1.82, 2.24) is 0 Å². The third kappa shape index (κ3) is 0.735. The van der Waals surface area contributed by atoms with Gasteiger partial charge in [-0.2, -0.15) is 0 Å². The first-order valence-corrected chi connectivity index (χ1v) is 3.17. The smallest absolute Gasteiger partial charge is 0.200 e. The second-order valence-corrected chi connectivity index (χ2v) is 2.28. The molecule has 0 saturated carbocycles. The zero-order chi connectivity index (χ0) is 6.97. The lowest BCUT2D eigenvalue weighted by molar-refractivity contribution is -0.432. The van der Waals surface area contributed by atoms with E-state index in [9.17, 15) is 5.11 Å². The van der Waals surface area contributed by atoms with E-state index in [1.165, 1.54) is 0 Å². The van der Waals surface area contributed by atoms with Gasteiger partial charge in [-0.1, -0.05) is 24.3 Å². The van der Waals surface area contributed by atoms with Gasteiger partial charge in [0.25, 0.3) is 0 Å².